The van der Waals surface area contributed by atoms with Crippen LogP contribution in [-0.2, 0) is 0 Å². The number of hydrogen-bond donors (Lipinski definition) is 0. The van der Waals surface area contributed by atoms with Gasteiger partial charge in [0, 0.05) is 11.1 Å². The second-order valence-electron chi connectivity index (χ2n) is 11.4. The van der Waals surface area contributed by atoms with Crippen molar-refractivity contribution in [3.05, 3.63) is 157 Å². The van der Waals surface area contributed by atoms with Crippen LogP contribution in [0.15, 0.2) is 146 Å². The second kappa shape index (κ2) is 12.0. The number of rotatable bonds is 6. The van der Waals surface area contributed by atoms with E-state index in [1.54, 1.807) is 0 Å². The van der Waals surface area contributed by atoms with Crippen molar-refractivity contribution in [3.63, 3.8) is 0 Å². The zero-order valence-electron chi connectivity index (χ0n) is 24.4. The van der Waals surface area contributed by atoms with Crippen LogP contribution in [0.3, 0.4) is 0 Å². The van der Waals surface area contributed by atoms with E-state index >= 15 is 0 Å². The maximum atomic E-state index is 5.13. The van der Waals surface area contributed by atoms with Crippen molar-refractivity contribution < 1.29 is 0 Å². The Morgan fingerprint density at radius 2 is 1.02 bits per heavy atom. The molecular formula is C41H34N2. The highest BCUT2D eigenvalue weighted by Gasteiger charge is 2.14. The van der Waals surface area contributed by atoms with Crippen molar-refractivity contribution in [2.75, 3.05) is 0 Å². The molecule has 0 amide bonds. The van der Waals surface area contributed by atoms with E-state index in [4.69, 9.17) is 9.97 Å². The predicted molar refractivity (Wildman–Crippen MR) is 181 cm³/mol. The summed E-state index contributed by atoms with van der Waals surface area (Å²) >= 11 is 0. The molecule has 2 aliphatic carbocycles. The maximum absolute atomic E-state index is 5.13. The van der Waals surface area contributed by atoms with E-state index in [1.807, 2.05) is 0 Å². The fraction of sp³-hybridized carbons (Fsp3) is 0.122. The van der Waals surface area contributed by atoms with Crippen LogP contribution in [0.25, 0.3) is 55.9 Å². The zero-order valence-corrected chi connectivity index (χ0v) is 24.4. The van der Waals surface area contributed by atoms with Crippen LogP contribution in [0, 0.1) is 5.92 Å². The number of pyridine rings is 2. The molecular weight excluding hydrogens is 520 g/mol. The highest BCUT2D eigenvalue weighted by Crippen LogP contribution is 2.35. The minimum absolute atomic E-state index is 0.558. The molecule has 2 aliphatic rings. The van der Waals surface area contributed by atoms with Gasteiger partial charge in [0.25, 0.3) is 0 Å². The Morgan fingerprint density at radius 1 is 0.488 bits per heavy atom. The summed E-state index contributed by atoms with van der Waals surface area (Å²) in [5.41, 5.74) is 13.3. The molecule has 2 heteroatoms. The Hall–Kier alpha value is -5.08. The van der Waals surface area contributed by atoms with Crippen LogP contribution in [0.1, 0.15) is 37.6 Å². The quantitative estimate of drug-likeness (QED) is 0.209. The minimum atomic E-state index is 0.558. The van der Waals surface area contributed by atoms with E-state index in [2.05, 4.69) is 153 Å². The van der Waals surface area contributed by atoms with E-state index in [0.717, 1.165) is 64.3 Å². The molecule has 0 fully saturated rings. The molecule has 0 saturated carbocycles. The van der Waals surface area contributed by atoms with Crippen LogP contribution >= 0.6 is 0 Å². The smallest absolute Gasteiger partial charge is 0.0715 e. The number of aromatic nitrogens is 2. The van der Waals surface area contributed by atoms with Gasteiger partial charge in [0.1, 0.15) is 0 Å². The van der Waals surface area contributed by atoms with Crippen LogP contribution in [0.5, 0.6) is 0 Å². The molecule has 2 nitrogen and oxygen atoms in total. The zero-order chi connectivity index (χ0) is 29.0. The van der Waals surface area contributed by atoms with Crippen molar-refractivity contribution in [2.45, 2.75) is 26.2 Å². The van der Waals surface area contributed by atoms with Crippen LogP contribution in [0.2, 0.25) is 0 Å². The molecule has 0 saturated heterocycles. The molecule has 0 N–H and O–H groups in total. The summed E-state index contributed by atoms with van der Waals surface area (Å²) in [6, 6.07) is 38.7. The van der Waals surface area contributed by atoms with E-state index in [-0.39, 0.29) is 0 Å². The van der Waals surface area contributed by atoms with Gasteiger partial charge in [0.15, 0.2) is 0 Å². The lowest BCUT2D eigenvalue weighted by Gasteiger charge is -2.15. The molecule has 43 heavy (non-hydrogen) atoms. The van der Waals surface area contributed by atoms with Crippen molar-refractivity contribution in [3.8, 4) is 44.8 Å². The predicted octanol–water partition coefficient (Wildman–Crippen LogP) is 10.9. The average molecular weight is 555 g/mol. The Balaban J connectivity index is 1.34. The second-order valence-corrected chi connectivity index (χ2v) is 11.4. The third kappa shape index (κ3) is 5.96. The van der Waals surface area contributed by atoms with E-state index in [9.17, 15) is 0 Å². The van der Waals surface area contributed by atoms with Gasteiger partial charge in [-0.1, -0.05) is 122 Å². The van der Waals surface area contributed by atoms with Crippen molar-refractivity contribution >= 4 is 11.1 Å². The number of nitrogens with zero attached hydrogens (tertiary/aromatic N) is 2. The summed E-state index contributed by atoms with van der Waals surface area (Å²) in [6.07, 6.45) is 16.8. The van der Waals surface area contributed by atoms with Crippen LogP contribution in [-0.4, -0.2) is 9.97 Å². The largest absolute Gasteiger partial charge is 0.248 e. The summed E-state index contributed by atoms with van der Waals surface area (Å²) in [5, 5.41) is 0. The lowest BCUT2D eigenvalue weighted by Crippen LogP contribution is -1.98. The Kier molecular flexibility index (Phi) is 7.50. The molecule has 3 aromatic carbocycles. The topological polar surface area (TPSA) is 25.8 Å². The summed E-state index contributed by atoms with van der Waals surface area (Å²) in [5.74, 6) is 0.558. The first-order valence-electron chi connectivity index (χ1n) is 15.2. The molecule has 208 valence electrons. The van der Waals surface area contributed by atoms with Gasteiger partial charge < -0.3 is 0 Å². The Bertz CT molecular complexity index is 1890. The molecule has 2 aromatic heterocycles. The molecule has 2 heterocycles. The highest BCUT2D eigenvalue weighted by molar-refractivity contribution is 5.83. The minimum Gasteiger partial charge on any atom is -0.248 e. The monoisotopic (exact) mass is 554 g/mol. The first-order valence-corrected chi connectivity index (χ1v) is 15.2. The molecule has 0 spiro atoms. The average Bonchev–Trinajstić information content (AvgIpc) is 3.09. The van der Waals surface area contributed by atoms with E-state index in [0.29, 0.717) is 5.92 Å². The fourth-order valence-electron chi connectivity index (χ4n) is 5.80. The van der Waals surface area contributed by atoms with Gasteiger partial charge in [-0.15, -0.1) is 0 Å². The normalized spacial score (nSPS) is 16.1. The van der Waals surface area contributed by atoms with Gasteiger partial charge in [0.2, 0.25) is 0 Å². The van der Waals surface area contributed by atoms with Gasteiger partial charge in [-0.3, -0.25) is 0 Å². The number of benzene rings is 3. The molecule has 1 atom stereocenters. The standard InChI is InChI=1S/C41H34N2/c1-29-20-22-33(23-21-29)41-28-37(27-40(43-41)32-16-9-4-10-17-32)35-19-11-18-34(24-35)36-25-38(30-12-5-2-6-13-30)42-39(26-36)31-14-7-3-8-15-31/h2,4-7,9-20,22-29H,3,8,21H2,1H3. The van der Waals surface area contributed by atoms with Gasteiger partial charge in [-0.05, 0) is 88.9 Å². The molecule has 5 aromatic rings. The molecule has 1 unspecified atom stereocenters. The first-order chi connectivity index (χ1) is 21.2. The summed E-state index contributed by atoms with van der Waals surface area (Å²) in [6.45, 7) is 2.25. The van der Waals surface area contributed by atoms with E-state index < -0.39 is 0 Å². The summed E-state index contributed by atoms with van der Waals surface area (Å²) in [4.78, 5) is 10.2. The third-order valence-corrected chi connectivity index (χ3v) is 8.22. The first kappa shape index (κ1) is 26.8. The molecule has 0 radical (unpaired) electrons. The van der Waals surface area contributed by atoms with Crippen molar-refractivity contribution in [2.24, 2.45) is 5.92 Å². The highest BCUT2D eigenvalue weighted by atomic mass is 14.7. The van der Waals surface area contributed by atoms with E-state index in [1.165, 1.54) is 22.3 Å². The lowest BCUT2D eigenvalue weighted by atomic mass is 9.93. The van der Waals surface area contributed by atoms with Gasteiger partial charge in [-0.25, -0.2) is 9.97 Å². The number of allylic oxidation sites excluding steroid dienone is 8. The lowest BCUT2D eigenvalue weighted by molar-refractivity contribution is 0.738. The van der Waals surface area contributed by atoms with Crippen LogP contribution < -0.4 is 0 Å². The van der Waals surface area contributed by atoms with Crippen molar-refractivity contribution in [1.29, 1.82) is 0 Å². The SMILES string of the molecule is CC1C=CC(c2cc(-c3cccc(-c4cc(C5=CCCC=C5)nc(-c5ccccc5)c4)c3)cc(-c3ccccc3)n2)=CC1. The van der Waals surface area contributed by atoms with Gasteiger partial charge in [-0.2, -0.15) is 0 Å². The van der Waals surface area contributed by atoms with Gasteiger partial charge in [0.05, 0.1) is 22.8 Å². The van der Waals surface area contributed by atoms with Crippen LogP contribution in [0.4, 0.5) is 0 Å². The van der Waals surface area contributed by atoms with Gasteiger partial charge >= 0.3 is 0 Å². The van der Waals surface area contributed by atoms with Crippen molar-refractivity contribution in [1.82, 2.24) is 9.97 Å². The fourth-order valence-corrected chi connectivity index (χ4v) is 5.80. The maximum Gasteiger partial charge on any atom is 0.0715 e. The molecule has 7 rings (SSSR count). The Labute approximate surface area is 254 Å². The Morgan fingerprint density at radius 3 is 1.53 bits per heavy atom. The third-order valence-electron chi connectivity index (χ3n) is 8.22. The molecule has 0 bridgehead atoms. The summed E-state index contributed by atoms with van der Waals surface area (Å²) < 4.78 is 0. The molecule has 0 aliphatic heterocycles. The summed E-state index contributed by atoms with van der Waals surface area (Å²) in [7, 11) is 0. The number of hydrogen-bond acceptors (Lipinski definition) is 2.